The van der Waals surface area contributed by atoms with Crippen molar-refractivity contribution in [1.82, 2.24) is 4.90 Å². The van der Waals surface area contributed by atoms with Crippen molar-refractivity contribution in [3.63, 3.8) is 0 Å². The van der Waals surface area contributed by atoms with Gasteiger partial charge in [-0.1, -0.05) is 23.7 Å². The molecule has 1 heterocycles. The van der Waals surface area contributed by atoms with Crippen molar-refractivity contribution in [3.8, 4) is 0 Å². The zero-order chi connectivity index (χ0) is 18.6. The molecule has 0 spiro atoms. The number of benzene rings is 1. The number of esters is 2. The van der Waals surface area contributed by atoms with Crippen LogP contribution in [0.5, 0.6) is 0 Å². The third kappa shape index (κ3) is 4.20. The molecule has 7 heteroatoms. The van der Waals surface area contributed by atoms with E-state index in [1.165, 1.54) is 12.0 Å². The van der Waals surface area contributed by atoms with Gasteiger partial charge in [0.15, 0.2) is 0 Å². The van der Waals surface area contributed by atoms with Crippen LogP contribution in [0.15, 0.2) is 35.5 Å². The number of hydrogen-bond acceptors (Lipinski definition) is 5. The number of carbonyl (C=O) groups excluding carboxylic acids is 3. The average Bonchev–Trinajstić information content (AvgIpc) is 2.57. The Bertz CT molecular complexity index is 728. The molecule has 1 amide bonds. The van der Waals surface area contributed by atoms with Gasteiger partial charge in [0.25, 0.3) is 0 Å². The van der Waals surface area contributed by atoms with Crippen LogP contribution in [-0.2, 0) is 23.9 Å². The minimum atomic E-state index is -0.538. The van der Waals surface area contributed by atoms with E-state index in [2.05, 4.69) is 0 Å². The van der Waals surface area contributed by atoms with Gasteiger partial charge >= 0.3 is 11.9 Å². The minimum absolute atomic E-state index is 0.0432. The van der Waals surface area contributed by atoms with Gasteiger partial charge < -0.3 is 14.4 Å². The monoisotopic (exact) mass is 365 g/mol. The smallest absolute Gasteiger partial charge is 0.336 e. The number of methoxy groups -OCH3 is 1. The van der Waals surface area contributed by atoms with E-state index in [1.807, 2.05) is 0 Å². The van der Waals surface area contributed by atoms with Crippen molar-refractivity contribution in [1.29, 1.82) is 0 Å². The first-order valence-electron chi connectivity index (χ1n) is 7.89. The van der Waals surface area contributed by atoms with Gasteiger partial charge in [0, 0.05) is 23.1 Å². The lowest BCUT2D eigenvalue weighted by Gasteiger charge is -2.33. The molecule has 1 unspecified atom stereocenters. The van der Waals surface area contributed by atoms with Gasteiger partial charge in [-0.05, 0) is 31.5 Å². The van der Waals surface area contributed by atoms with E-state index in [-0.39, 0.29) is 25.5 Å². The highest BCUT2D eigenvalue weighted by atomic mass is 35.5. The average molecular weight is 366 g/mol. The summed E-state index contributed by atoms with van der Waals surface area (Å²) in [7, 11) is 1.28. The van der Waals surface area contributed by atoms with Crippen molar-refractivity contribution in [2.24, 2.45) is 0 Å². The number of allylic oxidation sites excluding steroid dienone is 1. The van der Waals surface area contributed by atoms with Crippen LogP contribution in [-0.4, -0.2) is 43.0 Å². The van der Waals surface area contributed by atoms with Gasteiger partial charge in [-0.25, -0.2) is 4.79 Å². The lowest BCUT2D eigenvalue weighted by atomic mass is 9.83. The fourth-order valence-corrected chi connectivity index (χ4v) is 3.12. The minimum Gasteiger partial charge on any atom is -0.466 e. The number of halogens is 1. The second-order valence-electron chi connectivity index (χ2n) is 5.59. The van der Waals surface area contributed by atoms with E-state index in [9.17, 15) is 14.4 Å². The van der Waals surface area contributed by atoms with Crippen LogP contribution < -0.4 is 0 Å². The Hall–Kier alpha value is -2.34. The summed E-state index contributed by atoms with van der Waals surface area (Å²) in [5, 5.41) is 0.515. The first-order valence-corrected chi connectivity index (χ1v) is 8.27. The largest absolute Gasteiger partial charge is 0.466 e. The van der Waals surface area contributed by atoms with Crippen LogP contribution >= 0.6 is 11.6 Å². The number of rotatable bonds is 5. The number of carbonyl (C=O) groups is 3. The third-order valence-electron chi connectivity index (χ3n) is 4.07. The molecule has 0 radical (unpaired) electrons. The normalized spacial score (nSPS) is 17.5. The molecular weight excluding hydrogens is 346 g/mol. The third-order valence-corrected chi connectivity index (χ3v) is 4.31. The summed E-state index contributed by atoms with van der Waals surface area (Å²) in [6, 6.07) is 7.01. The molecule has 0 bridgehead atoms. The van der Waals surface area contributed by atoms with E-state index in [4.69, 9.17) is 21.1 Å². The molecule has 1 aliphatic heterocycles. The lowest BCUT2D eigenvalue weighted by Crippen LogP contribution is -2.41. The van der Waals surface area contributed by atoms with Crippen molar-refractivity contribution in [2.75, 3.05) is 20.3 Å². The summed E-state index contributed by atoms with van der Waals surface area (Å²) in [6.07, 6.45) is 0.0432. The summed E-state index contributed by atoms with van der Waals surface area (Å²) in [5.74, 6) is -1.80. The lowest BCUT2D eigenvalue weighted by molar-refractivity contribution is -0.148. The Kier molecular flexibility index (Phi) is 6.20. The van der Waals surface area contributed by atoms with Crippen LogP contribution in [0.3, 0.4) is 0 Å². The second kappa shape index (κ2) is 8.16. The predicted octanol–water partition coefficient (Wildman–Crippen LogP) is 2.67. The van der Waals surface area contributed by atoms with E-state index < -0.39 is 17.9 Å². The molecule has 1 aromatic carbocycles. The first-order chi connectivity index (χ1) is 11.9. The van der Waals surface area contributed by atoms with Gasteiger partial charge in [0.1, 0.15) is 6.54 Å². The van der Waals surface area contributed by atoms with E-state index in [0.717, 1.165) is 5.56 Å². The standard InChI is InChI=1S/C18H20ClNO5/c1-4-25-16(22)10-20-11(2)17(18(23)24-3)14(9-15(20)21)12-6-5-7-13(19)8-12/h5-8,14H,4,9-10H2,1-3H3. The molecule has 6 nitrogen and oxygen atoms in total. The van der Waals surface area contributed by atoms with E-state index in [0.29, 0.717) is 16.3 Å². The maximum Gasteiger partial charge on any atom is 0.336 e. The summed E-state index contributed by atoms with van der Waals surface area (Å²) in [6.45, 7) is 3.30. The highest BCUT2D eigenvalue weighted by molar-refractivity contribution is 6.30. The summed E-state index contributed by atoms with van der Waals surface area (Å²) >= 11 is 6.04. The molecule has 25 heavy (non-hydrogen) atoms. The molecule has 0 fully saturated rings. The Morgan fingerprint density at radius 3 is 2.68 bits per heavy atom. The van der Waals surface area contributed by atoms with Gasteiger partial charge in [0.2, 0.25) is 5.91 Å². The van der Waals surface area contributed by atoms with Crippen LogP contribution in [0.25, 0.3) is 0 Å². The van der Waals surface area contributed by atoms with Gasteiger partial charge in [-0.2, -0.15) is 0 Å². The fourth-order valence-electron chi connectivity index (χ4n) is 2.92. The van der Waals surface area contributed by atoms with Gasteiger partial charge in [-0.15, -0.1) is 0 Å². The quantitative estimate of drug-likeness (QED) is 0.750. The number of nitrogens with zero attached hydrogens (tertiary/aromatic N) is 1. The SMILES string of the molecule is CCOC(=O)CN1C(=O)CC(c2cccc(Cl)c2)C(C(=O)OC)=C1C. The molecule has 134 valence electrons. The summed E-state index contributed by atoms with van der Waals surface area (Å²) < 4.78 is 9.80. The summed E-state index contributed by atoms with van der Waals surface area (Å²) in [4.78, 5) is 38.0. The maximum absolute atomic E-state index is 12.6. The highest BCUT2D eigenvalue weighted by Gasteiger charge is 2.37. The Morgan fingerprint density at radius 1 is 1.36 bits per heavy atom. The molecule has 0 aliphatic carbocycles. The van der Waals surface area contributed by atoms with Crippen LogP contribution in [0.4, 0.5) is 0 Å². The van der Waals surface area contributed by atoms with Crippen molar-refractivity contribution in [2.45, 2.75) is 26.2 Å². The van der Waals surface area contributed by atoms with Gasteiger partial charge in [-0.3, -0.25) is 9.59 Å². The van der Waals surface area contributed by atoms with E-state index >= 15 is 0 Å². The van der Waals surface area contributed by atoms with E-state index in [1.54, 1.807) is 38.1 Å². The predicted molar refractivity (Wildman–Crippen MR) is 91.9 cm³/mol. The van der Waals surface area contributed by atoms with Gasteiger partial charge in [0.05, 0.1) is 19.3 Å². The molecule has 0 saturated heterocycles. The number of hydrogen-bond donors (Lipinski definition) is 0. The fraction of sp³-hybridized carbons (Fsp3) is 0.389. The Morgan fingerprint density at radius 2 is 2.08 bits per heavy atom. The van der Waals surface area contributed by atoms with Crippen LogP contribution in [0, 0.1) is 0 Å². The molecule has 1 aliphatic rings. The second-order valence-corrected chi connectivity index (χ2v) is 6.02. The first kappa shape index (κ1) is 19.0. The Balaban J connectivity index is 2.46. The molecule has 1 atom stereocenters. The number of amides is 1. The molecule has 2 rings (SSSR count). The molecule has 0 aromatic heterocycles. The van der Waals surface area contributed by atoms with Crippen molar-refractivity contribution >= 4 is 29.4 Å². The zero-order valence-electron chi connectivity index (χ0n) is 14.4. The van der Waals surface area contributed by atoms with Crippen LogP contribution in [0.1, 0.15) is 31.7 Å². The van der Waals surface area contributed by atoms with Crippen molar-refractivity contribution < 1.29 is 23.9 Å². The topological polar surface area (TPSA) is 72.9 Å². The maximum atomic E-state index is 12.6. The molecule has 1 aromatic rings. The zero-order valence-corrected chi connectivity index (χ0v) is 15.1. The summed E-state index contributed by atoms with van der Waals surface area (Å²) in [5.41, 5.74) is 1.48. The van der Waals surface area contributed by atoms with Crippen molar-refractivity contribution in [3.05, 3.63) is 46.1 Å². The Labute approximate surface area is 151 Å². The van der Waals surface area contributed by atoms with Crippen LogP contribution in [0.2, 0.25) is 5.02 Å². The molecule has 0 saturated carbocycles. The molecular formula is C18H20ClNO5. The number of ether oxygens (including phenoxy) is 2. The highest BCUT2D eigenvalue weighted by Crippen LogP contribution is 2.37. The molecule has 0 N–H and O–H groups in total.